The fourth-order valence-corrected chi connectivity index (χ4v) is 4.44. The summed E-state index contributed by atoms with van der Waals surface area (Å²) in [5.74, 6) is 0. The van der Waals surface area contributed by atoms with Crippen LogP contribution in [0.5, 0.6) is 0 Å². The lowest BCUT2D eigenvalue weighted by Crippen LogP contribution is -2.46. The first-order chi connectivity index (χ1) is 16.9. The second-order valence-corrected chi connectivity index (χ2v) is 8.51. The van der Waals surface area contributed by atoms with Gasteiger partial charge in [0.15, 0.2) is 6.54 Å². The zero-order valence-electron chi connectivity index (χ0n) is 19.3. The van der Waals surface area contributed by atoms with Gasteiger partial charge in [0, 0.05) is 23.3 Å². The van der Waals surface area contributed by atoms with Crippen LogP contribution < -0.4 is 9.88 Å². The summed E-state index contributed by atoms with van der Waals surface area (Å²) in [6.07, 6.45) is 2.49. The lowest BCUT2D eigenvalue weighted by atomic mass is 9.98. The molecule has 0 spiro atoms. The highest BCUT2D eigenvalue weighted by Gasteiger charge is 2.27. The largest absolute Gasteiger partial charge is 0.673 e. The van der Waals surface area contributed by atoms with Crippen molar-refractivity contribution < 1.29 is 21.8 Å². The lowest BCUT2D eigenvalue weighted by Gasteiger charge is -2.15. The van der Waals surface area contributed by atoms with Crippen LogP contribution in [-0.4, -0.2) is 19.8 Å². The third-order valence-electron chi connectivity index (χ3n) is 5.98. The Labute approximate surface area is 203 Å². The number of benzene rings is 3. The van der Waals surface area contributed by atoms with Gasteiger partial charge in [-0.2, -0.15) is 4.57 Å². The fraction of sp³-hybridized carbons (Fsp3) is 0.179. The van der Waals surface area contributed by atoms with Gasteiger partial charge in [0.25, 0.3) is 0 Å². The number of rotatable bonds is 5. The van der Waals surface area contributed by atoms with E-state index in [1.165, 1.54) is 46.5 Å². The quantitative estimate of drug-likeness (QED) is 0.185. The van der Waals surface area contributed by atoms with Crippen LogP contribution in [0.25, 0.3) is 33.6 Å². The maximum atomic E-state index is 9.75. The van der Waals surface area contributed by atoms with Crippen LogP contribution >= 0.6 is 0 Å². The molecule has 0 amide bonds. The molecule has 2 nitrogen and oxygen atoms in total. The van der Waals surface area contributed by atoms with E-state index in [-0.39, 0.29) is 0 Å². The van der Waals surface area contributed by atoms with E-state index in [2.05, 4.69) is 113 Å². The van der Waals surface area contributed by atoms with E-state index in [9.17, 15) is 17.3 Å². The summed E-state index contributed by atoms with van der Waals surface area (Å²) in [6, 6.07) is 37.5. The zero-order chi connectivity index (χ0) is 24.7. The molecule has 5 rings (SSSR count). The van der Waals surface area contributed by atoms with Crippen LogP contribution in [0.4, 0.5) is 17.3 Å². The van der Waals surface area contributed by atoms with Crippen molar-refractivity contribution in [1.29, 1.82) is 0 Å². The number of hydrogen-bond donors (Lipinski definition) is 1. The first kappa shape index (κ1) is 24.7. The fourth-order valence-electron chi connectivity index (χ4n) is 4.44. The van der Waals surface area contributed by atoms with Crippen molar-refractivity contribution in [2.45, 2.75) is 25.4 Å². The Morgan fingerprint density at radius 3 is 1.49 bits per heavy atom. The highest BCUT2D eigenvalue weighted by atomic mass is 19.5. The zero-order valence-corrected chi connectivity index (χ0v) is 19.3. The van der Waals surface area contributed by atoms with Crippen molar-refractivity contribution in [2.24, 2.45) is 0 Å². The molecule has 1 atom stereocenters. The standard InChI is InChI=1S/C28H27N2.BF4/c1-4-11-22(12-5-1)25-19-27(23-13-6-2-7-14-23)30(21-26-17-10-18-29-26)28(20-25)24-15-8-3-9-16-24;2-1(3,4)5/h1-9,11-16,19-20,26,29H,10,17-18,21H2;/q+1;-1/t26-;/m0./s1. The van der Waals surface area contributed by atoms with Gasteiger partial charge in [0.1, 0.15) is 0 Å². The maximum Gasteiger partial charge on any atom is 0.673 e. The van der Waals surface area contributed by atoms with Gasteiger partial charge in [-0.3, -0.25) is 0 Å². The third kappa shape index (κ3) is 7.02. The van der Waals surface area contributed by atoms with Gasteiger partial charge in [0.05, 0.1) is 6.04 Å². The average Bonchev–Trinajstić information content (AvgIpc) is 3.38. The smallest absolute Gasteiger partial charge is 0.418 e. The second kappa shape index (κ2) is 11.3. The Hall–Kier alpha value is -3.45. The minimum absolute atomic E-state index is 0.516. The van der Waals surface area contributed by atoms with E-state index in [0.717, 1.165) is 13.1 Å². The molecule has 35 heavy (non-hydrogen) atoms. The topological polar surface area (TPSA) is 15.9 Å². The van der Waals surface area contributed by atoms with E-state index in [4.69, 9.17) is 0 Å². The van der Waals surface area contributed by atoms with E-state index >= 15 is 0 Å². The normalized spacial score (nSPS) is 15.4. The average molecular weight is 478 g/mol. The van der Waals surface area contributed by atoms with E-state index in [1.807, 2.05) is 0 Å². The number of aromatic nitrogens is 1. The summed E-state index contributed by atoms with van der Waals surface area (Å²) in [5.41, 5.74) is 7.55. The molecule has 1 aliphatic rings. The maximum absolute atomic E-state index is 9.75. The van der Waals surface area contributed by atoms with Crippen LogP contribution in [0.15, 0.2) is 103 Å². The highest BCUT2D eigenvalue weighted by Crippen LogP contribution is 2.29. The predicted octanol–water partition coefficient (Wildman–Crippen LogP) is 7.03. The summed E-state index contributed by atoms with van der Waals surface area (Å²) < 4.78 is 41.5. The Bertz CT molecular complexity index is 1140. The summed E-state index contributed by atoms with van der Waals surface area (Å²) in [4.78, 5) is 0. The SMILES string of the molecule is F[B-](F)(F)F.c1ccc(-c2cc(-c3ccccc3)[n+](C[C@@H]3CCCN3)c(-c3ccccc3)c2)cc1. The van der Waals surface area contributed by atoms with E-state index in [0.29, 0.717) is 6.04 Å². The summed E-state index contributed by atoms with van der Waals surface area (Å²) in [5, 5.41) is 3.69. The summed E-state index contributed by atoms with van der Waals surface area (Å²) >= 11 is 0. The molecular formula is C28H27BF4N2. The number of hydrogen-bond acceptors (Lipinski definition) is 1. The molecule has 0 unspecified atom stereocenters. The Morgan fingerprint density at radius 2 is 1.09 bits per heavy atom. The van der Waals surface area contributed by atoms with Crippen molar-refractivity contribution in [3.8, 4) is 33.6 Å². The van der Waals surface area contributed by atoms with Crippen LogP contribution in [0.1, 0.15) is 12.8 Å². The van der Waals surface area contributed by atoms with Gasteiger partial charge in [-0.1, -0.05) is 66.7 Å². The molecule has 7 heteroatoms. The minimum atomic E-state index is -6.00. The van der Waals surface area contributed by atoms with Crippen molar-refractivity contribution in [1.82, 2.24) is 5.32 Å². The van der Waals surface area contributed by atoms with Gasteiger partial charge in [0.2, 0.25) is 11.4 Å². The number of nitrogens with one attached hydrogen (secondary N) is 1. The van der Waals surface area contributed by atoms with Gasteiger partial charge in [-0.15, -0.1) is 0 Å². The molecule has 0 radical (unpaired) electrons. The van der Waals surface area contributed by atoms with Crippen LogP contribution in [-0.2, 0) is 6.54 Å². The van der Waals surface area contributed by atoms with Crippen molar-refractivity contribution >= 4 is 7.25 Å². The first-order valence-electron chi connectivity index (χ1n) is 11.7. The molecule has 1 aromatic heterocycles. The van der Waals surface area contributed by atoms with Crippen LogP contribution in [0.3, 0.4) is 0 Å². The van der Waals surface area contributed by atoms with Gasteiger partial charge < -0.3 is 22.6 Å². The highest BCUT2D eigenvalue weighted by molar-refractivity contribution is 6.50. The molecule has 1 aliphatic heterocycles. The predicted molar refractivity (Wildman–Crippen MR) is 134 cm³/mol. The second-order valence-electron chi connectivity index (χ2n) is 8.51. The molecule has 0 aliphatic carbocycles. The molecule has 1 saturated heterocycles. The van der Waals surface area contributed by atoms with Crippen molar-refractivity contribution in [3.05, 3.63) is 103 Å². The van der Waals surface area contributed by atoms with Gasteiger partial charge >= 0.3 is 7.25 Å². The Balaban J connectivity index is 0.000000527. The molecule has 4 aromatic rings. The Kier molecular flexibility index (Phi) is 7.98. The minimum Gasteiger partial charge on any atom is -0.418 e. The number of pyridine rings is 1. The van der Waals surface area contributed by atoms with Crippen LogP contribution in [0, 0.1) is 0 Å². The van der Waals surface area contributed by atoms with Gasteiger partial charge in [-0.25, -0.2) is 0 Å². The molecule has 0 bridgehead atoms. The third-order valence-corrected chi connectivity index (χ3v) is 5.98. The monoisotopic (exact) mass is 478 g/mol. The van der Waals surface area contributed by atoms with Crippen molar-refractivity contribution in [3.63, 3.8) is 0 Å². The Morgan fingerprint density at radius 1 is 0.657 bits per heavy atom. The van der Waals surface area contributed by atoms with Crippen LogP contribution in [0.2, 0.25) is 0 Å². The lowest BCUT2D eigenvalue weighted by molar-refractivity contribution is -0.677. The molecular weight excluding hydrogens is 451 g/mol. The molecule has 3 aromatic carbocycles. The summed E-state index contributed by atoms with van der Waals surface area (Å²) in [7, 11) is -6.00. The van der Waals surface area contributed by atoms with E-state index < -0.39 is 7.25 Å². The molecule has 0 saturated carbocycles. The summed E-state index contributed by atoms with van der Waals surface area (Å²) in [6.45, 7) is 2.10. The number of halogens is 4. The van der Waals surface area contributed by atoms with E-state index in [1.54, 1.807) is 0 Å². The van der Waals surface area contributed by atoms with Crippen molar-refractivity contribution in [2.75, 3.05) is 6.54 Å². The molecule has 1 fully saturated rings. The first-order valence-corrected chi connectivity index (χ1v) is 11.7. The van der Waals surface area contributed by atoms with Gasteiger partial charge in [-0.05, 0) is 54.8 Å². The molecule has 180 valence electrons. The molecule has 2 heterocycles. The number of nitrogens with zero attached hydrogens (tertiary/aromatic N) is 1. The molecule has 1 N–H and O–H groups in total.